The summed E-state index contributed by atoms with van der Waals surface area (Å²) in [5.74, 6) is 1.16. The van der Waals surface area contributed by atoms with Crippen LogP contribution >= 0.6 is 0 Å². The normalized spacial score (nSPS) is 12.7. The molecule has 0 fully saturated rings. The fourth-order valence-corrected chi connectivity index (χ4v) is 4.38. The van der Waals surface area contributed by atoms with Crippen molar-refractivity contribution in [2.45, 2.75) is 31.1 Å². The maximum Gasteiger partial charge on any atom is 0.322 e. The van der Waals surface area contributed by atoms with E-state index in [0.717, 1.165) is 11.1 Å². The summed E-state index contributed by atoms with van der Waals surface area (Å²) in [6.45, 7) is 2.08. The number of hydrogen-bond donors (Lipinski definition) is 1. The zero-order valence-corrected chi connectivity index (χ0v) is 17.6. The first-order chi connectivity index (χ1) is 14.9. The van der Waals surface area contributed by atoms with Crippen LogP contribution in [0.4, 0.5) is 6.01 Å². The summed E-state index contributed by atoms with van der Waals surface area (Å²) in [7, 11) is -3.43. The highest BCUT2D eigenvalue weighted by atomic mass is 32.2. The van der Waals surface area contributed by atoms with Gasteiger partial charge in [-0.2, -0.15) is 0 Å². The van der Waals surface area contributed by atoms with Gasteiger partial charge in [0.05, 0.1) is 17.1 Å². The Balaban J connectivity index is 1.26. The van der Waals surface area contributed by atoms with Gasteiger partial charge in [-0.15, -0.1) is 5.10 Å². The van der Waals surface area contributed by atoms with Crippen LogP contribution in [0, 0.1) is 6.92 Å². The average molecular weight is 443 g/mol. The van der Waals surface area contributed by atoms with E-state index >= 15 is 0 Å². The number of carbonyl (C=O) groups is 1. The predicted octanol–water partition coefficient (Wildman–Crippen LogP) is 2.89. The molecular formula is C21H21N3O6S. The Labute approximate surface area is 179 Å². The van der Waals surface area contributed by atoms with Gasteiger partial charge in [0.1, 0.15) is 0 Å². The molecule has 0 atom stereocenters. The number of nitrogens with one attached hydrogen (secondary N) is 1. The van der Waals surface area contributed by atoms with E-state index in [0.29, 0.717) is 23.8 Å². The van der Waals surface area contributed by atoms with E-state index in [1.807, 2.05) is 19.1 Å². The summed E-state index contributed by atoms with van der Waals surface area (Å²) in [5, 5.41) is 10.2. The lowest BCUT2D eigenvalue weighted by Crippen LogP contribution is -2.14. The molecule has 2 heterocycles. The number of aryl methyl sites for hydroxylation is 1. The van der Waals surface area contributed by atoms with Crippen molar-refractivity contribution in [2.24, 2.45) is 0 Å². The molecule has 2 aromatic carbocycles. The molecule has 4 rings (SSSR count). The van der Waals surface area contributed by atoms with Crippen molar-refractivity contribution in [2.75, 3.05) is 17.9 Å². The van der Waals surface area contributed by atoms with Gasteiger partial charge >= 0.3 is 6.01 Å². The molecule has 10 heteroatoms. The van der Waals surface area contributed by atoms with Gasteiger partial charge in [-0.1, -0.05) is 28.9 Å². The highest BCUT2D eigenvalue weighted by Gasteiger charge is 2.17. The summed E-state index contributed by atoms with van der Waals surface area (Å²) in [6, 6.07) is 12.1. The zero-order valence-electron chi connectivity index (χ0n) is 16.8. The van der Waals surface area contributed by atoms with Crippen LogP contribution in [-0.2, 0) is 21.1 Å². The average Bonchev–Trinajstić information content (AvgIpc) is 3.37. The third-order valence-electron chi connectivity index (χ3n) is 4.70. The van der Waals surface area contributed by atoms with Crippen LogP contribution in [0.2, 0.25) is 0 Å². The molecule has 0 saturated heterocycles. The topological polar surface area (TPSA) is 121 Å². The number of ether oxygens (including phenoxy) is 2. The monoisotopic (exact) mass is 443 g/mol. The fraction of sp³-hybridized carbons (Fsp3) is 0.286. The number of benzene rings is 2. The molecule has 31 heavy (non-hydrogen) atoms. The van der Waals surface area contributed by atoms with Crippen molar-refractivity contribution < 1.29 is 27.1 Å². The van der Waals surface area contributed by atoms with Gasteiger partial charge in [-0.05, 0) is 43.2 Å². The molecule has 1 aromatic heterocycles. The van der Waals surface area contributed by atoms with Crippen molar-refractivity contribution in [1.82, 2.24) is 10.2 Å². The largest absolute Gasteiger partial charge is 0.454 e. The van der Waals surface area contributed by atoms with Gasteiger partial charge in [0.2, 0.25) is 18.6 Å². The third-order valence-corrected chi connectivity index (χ3v) is 6.52. The van der Waals surface area contributed by atoms with Crippen molar-refractivity contribution in [3.05, 3.63) is 59.5 Å². The van der Waals surface area contributed by atoms with Crippen molar-refractivity contribution in [3.63, 3.8) is 0 Å². The van der Waals surface area contributed by atoms with E-state index in [9.17, 15) is 13.2 Å². The number of nitrogens with zero attached hydrogens (tertiary/aromatic N) is 2. The Kier molecular flexibility index (Phi) is 5.90. The third kappa shape index (κ3) is 5.21. The zero-order chi connectivity index (χ0) is 21.8. The highest BCUT2D eigenvalue weighted by molar-refractivity contribution is 7.91. The second kappa shape index (κ2) is 8.76. The summed E-state index contributed by atoms with van der Waals surface area (Å²) < 4.78 is 40.8. The molecule has 0 bridgehead atoms. The molecule has 9 nitrogen and oxygen atoms in total. The number of anilines is 1. The van der Waals surface area contributed by atoms with E-state index in [4.69, 9.17) is 13.9 Å². The minimum atomic E-state index is -3.43. The summed E-state index contributed by atoms with van der Waals surface area (Å²) in [5.41, 5.74) is 1.88. The van der Waals surface area contributed by atoms with Gasteiger partial charge < -0.3 is 13.9 Å². The van der Waals surface area contributed by atoms with E-state index in [1.54, 1.807) is 30.3 Å². The molecule has 0 unspecified atom stereocenters. The van der Waals surface area contributed by atoms with Crippen LogP contribution in [0.1, 0.15) is 29.9 Å². The smallest absolute Gasteiger partial charge is 0.322 e. The Morgan fingerprint density at radius 3 is 2.65 bits per heavy atom. The quantitative estimate of drug-likeness (QED) is 0.564. The van der Waals surface area contributed by atoms with Gasteiger partial charge in [-0.25, -0.2) is 8.42 Å². The first-order valence-electron chi connectivity index (χ1n) is 9.69. The van der Waals surface area contributed by atoms with Crippen molar-refractivity contribution >= 4 is 21.8 Å². The number of hydrogen-bond acceptors (Lipinski definition) is 8. The number of aromatic nitrogens is 2. The van der Waals surface area contributed by atoms with Crippen molar-refractivity contribution in [3.8, 4) is 11.5 Å². The molecule has 0 saturated carbocycles. The first kappa shape index (κ1) is 20.9. The van der Waals surface area contributed by atoms with Crippen LogP contribution in [0.15, 0.2) is 51.8 Å². The Morgan fingerprint density at radius 1 is 1.06 bits per heavy atom. The maximum absolute atomic E-state index is 12.3. The number of rotatable bonds is 8. The molecule has 3 aromatic rings. The lowest BCUT2D eigenvalue weighted by Gasteiger charge is -2.05. The van der Waals surface area contributed by atoms with Crippen LogP contribution in [-0.4, -0.2) is 37.1 Å². The van der Waals surface area contributed by atoms with Crippen LogP contribution in [0.5, 0.6) is 11.5 Å². The minimum Gasteiger partial charge on any atom is -0.454 e. The second-order valence-corrected chi connectivity index (χ2v) is 9.26. The molecular weight excluding hydrogens is 422 g/mol. The molecule has 162 valence electrons. The Morgan fingerprint density at radius 2 is 1.84 bits per heavy atom. The van der Waals surface area contributed by atoms with Gasteiger partial charge in [0.15, 0.2) is 21.3 Å². The number of amides is 1. The fourth-order valence-electron chi connectivity index (χ4n) is 3.07. The van der Waals surface area contributed by atoms with Gasteiger partial charge in [0, 0.05) is 6.42 Å². The first-order valence-corrected chi connectivity index (χ1v) is 11.3. The number of fused-ring (bicyclic) bond motifs is 1. The van der Waals surface area contributed by atoms with Crippen LogP contribution < -0.4 is 14.8 Å². The molecule has 1 N–H and O–H groups in total. The van der Waals surface area contributed by atoms with E-state index in [2.05, 4.69) is 15.5 Å². The maximum atomic E-state index is 12.3. The number of carbonyl (C=O) groups excluding carboxylic acids is 1. The predicted molar refractivity (Wildman–Crippen MR) is 111 cm³/mol. The number of sulfone groups is 1. The van der Waals surface area contributed by atoms with Crippen LogP contribution in [0.3, 0.4) is 0 Å². The molecule has 1 amide bonds. The lowest BCUT2D eigenvalue weighted by molar-refractivity contribution is -0.116. The van der Waals surface area contributed by atoms with Crippen LogP contribution in [0.25, 0.3) is 0 Å². The van der Waals surface area contributed by atoms with E-state index in [-0.39, 0.29) is 36.3 Å². The van der Waals surface area contributed by atoms with E-state index < -0.39 is 15.7 Å². The molecule has 0 spiro atoms. The Hall–Kier alpha value is -3.40. The van der Waals surface area contributed by atoms with Crippen molar-refractivity contribution in [1.29, 1.82) is 0 Å². The summed E-state index contributed by atoms with van der Waals surface area (Å²) in [6.07, 6.45) is 0.569. The summed E-state index contributed by atoms with van der Waals surface area (Å²) >= 11 is 0. The standard InChI is InChI=1S/C21H21N3O6S/c1-14-4-7-16(8-5-14)31(26,27)10-2-3-19(25)22-21-24-23-20(30-21)12-15-6-9-17-18(11-15)29-13-28-17/h4-9,11H,2-3,10,12-13H2,1H3,(H,22,24,25). The molecule has 1 aliphatic heterocycles. The minimum absolute atomic E-state index is 0.0188. The summed E-state index contributed by atoms with van der Waals surface area (Å²) in [4.78, 5) is 12.4. The Bertz CT molecular complexity index is 1190. The van der Waals surface area contributed by atoms with Gasteiger partial charge in [0.25, 0.3) is 0 Å². The molecule has 0 radical (unpaired) electrons. The van der Waals surface area contributed by atoms with Gasteiger partial charge in [-0.3, -0.25) is 10.1 Å². The SMILES string of the molecule is Cc1ccc(S(=O)(=O)CCCC(=O)Nc2nnc(Cc3ccc4c(c3)OCO4)o2)cc1. The van der Waals surface area contributed by atoms with E-state index in [1.165, 1.54) is 0 Å². The molecule has 0 aliphatic carbocycles. The lowest BCUT2D eigenvalue weighted by atomic mass is 10.1. The highest BCUT2D eigenvalue weighted by Crippen LogP contribution is 2.33. The second-order valence-electron chi connectivity index (χ2n) is 7.15. The molecule has 1 aliphatic rings.